The van der Waals surface area contributed by atoms with Crippen LogP contribution < -0.4 is 11.2 Å². The van der Waals surface area contributed by atoms with E-state index in [2.05, 4.69) is 10.5 Å². The molecule has 5 nitrogen and oxygen atoms in total. The Morgan fingerprint density at radius 2 is 2.07 bits per heavy atom. The zero-order valence-corrected chi connectivity index (χ0v) is 8.62. The lowest BCUT2D eigenvalue weighted by Gasteiger charge is -2.03. The highest BCUT2D eigenvalue weighted by Crippen LogP contribution is 2.10. The number of hydrogen-bond donors (Lipinski definition) is 4. The molecule has 0 amide bonds. The zero-order valence-electron chi connectivity index (χ0n) is 7.87. The van der Waals surface area contributed by atoms with E-state index in [1.54, 1.807) is 24.3 Å². The minimum atomic E-state index is -0.282. The molecule has 1 aromatic rings. The Balaban J connectivity index is 2.87. The number of aliphatic hydroxyl groups excluding tert-OH is 1. The van der Waals surface area contributed by atoms with Gasteiger partial charge in [-0.05, 0) is 12.1 Å². The van der Waals surface area contributed by atoms with Crippen molar-refractivity contribution in [2.75, 3.05) is 6.61 Å². The number of aliphatic hydroxyl groups is 1. The molecule has 1 rings (SSSR count). The molecule has 0 saturated heterocycles. The van der Waals surface area contributed by atoms with E-state index < -0.39 is 0 Å². The lowest BCUT2D eigenvalue weighted by Crippen LogP contribution is -2.27. The fourth-order valence-electron chi connectivity index (χ4n) is 0.961. The second-order valence-electron chi connectivity index (χ2n) is 2.75. The summed E-state index contributed by atoms with van der Waals surface area (Å²) in [6, 6.07) is 6.82. The lowest BCUT2D eigenvalue weighted by molar-refractivity contribution is 0.357. The molecule has 0 atom stereocenters. The first-order valence-corrected chi connectivity index (χ1v) is 4.54. The van der Waals surface area contributed by atoms with E-state index in [0.717, 1.165) is 5.56 Å². The van der Waals surface area contributed by atoms with Gasteiger partial charge in [-0.1, -0.05) is 23.7 Å². The van der Waals surface area contributed by atoms with Gasteiger partial charge in [0.1, 0.15) is 0 Å². The van der Waals surface area contributed by atoms with E-state index >= 15 is 0 Å². The van der Waals surface area contributed by atoms with Gasteiger partial charge in [0.05, 0.1) is 12.3 Å². The lowest BCUT2D eigenvalue weighted by atomic mass is 10.1. The molecule has 0 aliphatic heterocycles. The normalized spacial score (nSPS) is 11.2. The molecule has 1 aromatic carbocycles. The van der Waals surface area contributed by atoms with Crippen molar-refractivity contribution in [1.29, 1.82) is 5.41 Å². The summed E-state index contributed by atoms with van der Waals surface area (Å²) >= 11 is 5.71. The summed E-state index contributed by atoms with van der Waals surface area (Å²) in [5, 5.41) is 20.3. The Morgan fingerprint density at radius 1 is 1.47 bits per heavy atom. The van der Waals surface area contributed by atoms with Crippen molar-refractivity contribution in [2.45, 2.75) is 0 Å². The van der Waals surface area contributed by atoms with Gasteiger partial charge in [0, 0.05) is 10.6 Å². The molecular weight excluding hydrogens is 216 g/mol. The van der Waals surface area contributed by atoms with Gasteiger partial charge in [0.15, 0.2) is 0 Å². The summed E-state index contributed by atoms with van der Waals surface area (Å²) in [6.45, 7) is -0.248. The van der Waals surface area contributed by atoms with Gasteiger partial charge in [-0.2, -0.15) is 5.10 Å². The predicted octanol–water partition coefficient (Wildman–Crippen LogP) is 0.519. The third-order valence-electron chi connectivity index (χ3n) is 1.64. The molecule has 80 valence electrons. The molecule has 0 fully saturated rings. The summed E-state index contributed by atoms with van der Waals surface area (Å²) in [7, 11) is 0. The highest BCUT2D eigenvalue weighted by molar-refractivity contribution is 6.30. The van der Waals surface area contributed by atoms with Crippen molar-refractivity contribution < 1.29 is 5.11 Å². The van der Waals surface area contributed by atoms with E-state index in [4.69, 9.17) is 27.9 Å². The predicted molar refractivity (Wildman–Crippen MR) is 60.1 cm³/mol. The van der Waals surface area contributed by atoms with E-state index in [1.807, 2.05) is 0 Å². The second kappa shape index (κ2) is 5.33. The summed E-state index contributed by atoms with van der Waals surface area (Å²) < 4.78 is 0. The summed E-state index contributed by atoms with van der Waals surface area (Å²) in [5.41, 5.74) is 8.43. The topological polar surface area (TPSA) is 94.5 Å². The average molecular weight is 227 g/mol. The number of hydrogen-bond acceptors (Lipinski definition) is 3. The monoisotopic (exact) mass is 226 g/mol. The molecule has 0 heterocycles. The van der Waals surface area contributed by atoms with Gasteiger partial charge in [0.25, 0.3) is 0 Å². The maximum Gasteiger partial charge on any atom is 0.206 e. The van der Waals surface area contributed by atoms with Crippen molar-refractivity contribution in [1.82, 2.24) is 5.43 Å². The van der Waals surface area contributed by atoms with Crippen LogP contribution in [0.5, 0.6) is 0 Å². The fraction of sp³-hybridized carbons (Fsp3) is 0.111. The van der Waals surface area contributed by atoms with E-state index in [-0.39, 0.29) is 12.6 Å². The highest BCUT2D eigenvalue weighted by atomic mass is 35.5. The molecule has 0 aromatic heterocycles. The van der Waals surface area contributed by atoms with Crippen LogP contribution in [0.25, 0.3) is 0 Å². The minimum Gasteiger partial charge on any atom is -0.390 e. The van der Waals surface area contributed by atoms with Gasteiger partial charge >= 0.3 is 0 Å². The molecule has 5 N–H and O–H groups in total. The van der Waals surface area contributed by atoms with Crippen LogP contribution in [0.4, 0.5) is 0 Å². The van der Waals surface area contributed by atoms with Crippen LogP contribution in [0.1, 0.15) is 5.56 Å². The Hall–Kier alpha value is -1.59. The van der Waals surface area contributed by atoms with Crippen LogP contribution in [-0.4, -0.2) is 23.4 Å². The van der Waals surface area contributed by atoms with Crippen LogP contribution in [0.15, 0.2) is 29.4 Å². The Morgan fingerprint density at radius 3 is 2.53 bits per heavy atom. The van der Waals surface area contributed by atoms with Crippen molar-refractivity contribution in [3.05, 3.63) is 34.9 Å². The molecule has 0 bridgehead atoms. The van der Waals surface area contributed by atoms with Gasteiger partial charge < -0.3 is 10.8 Å². The van der Waals surface area contributed by atoms with Crippen LogP contribution >= 0.6 is 11.6 Å². The smallest absolute Gasteiger partial charge is 0.206 e. The molecule has 0 unspecified atom stereocenters. The van der Waals surface area contributed by atoms with E-state index in [0.29, 0.717) is 10.7 Å². The standard InChI is InChI=1S/C9H11ClN4O/c10-7-3-1-6(2-4-7)8(5-15)13-14-9(11)12/h1-4,15H,5H2,(H4,11,12,14)/b13-8+. The SMILES string of the molecule is N=C(N)N/N=C(\CO)c1ccc(Cl)cc1. The van der Waals surface area contributed by atoms with Gasteiger partial charge in [-0.3, -0.25) is 5.41 Å². The minimum absolute atomic E-state index is 0.248. The van der Waals surface area contributed by atoms with Crippen LogP contribution in [0, 0.1) is 5.41 Å². The number of halogens is 1. The maximum absolute atomic E-state index is 9.05. The molecule has 0 spiro atoms. The molecular formula is C9H11ClN4O. The Labute approximate surface area is 92.1 Å². The largest absolute Gasteiger partial charge is 0.390 e. The first kappa shape index (κ1) is 11.5. The molecule has 0 aliphatic rings. The van der Waals surface area contributed by atoms with E-state index in [1.165, 1.54) is 0 Å². The Bertz CT molecular complexity index is 374. The Kier molecular flexibility index (Phi) is 4.08. The number of guanidine groups is 1. The fourth-order valence-corrected chi connectivity index (χ4v) is 1.09. The molecule has 0 aliphatic carbocycles. The summed E-state index contributed by atoms with van der Waals surface area (Å²) in [5.74, 6) is -0.282. The number of benzene rings is 1. The maximum atomic E-state index is 9.05. The third kappa shape index (κ3) is 3.57. The quantitative estimate of drug-likeness (QED) is 0.344. The molecule has 0 radical (unpaired) electrons. The summed E-state index contributed by atoms with van der Waals surface area (Å²) in [4.78, 5) is 0. The summed E-state index contributed by atoms with van der Waals surface area (Å²) in [6.07, 6.45) is 0. The number of nitrogens with two attached hydrogens (primary N) is 1. The molecule has 0 saturated carbocycles. The highest BCUT2D eigenvalue weighted by Gasteiger charge is 2.01. The number of nitrogens with one attached hydrogen (secondary N) is 2. The van der Waals surface area contributed by atoms with Crippen molar-refractivity contribution in [3.63, 3.8) is 0 Å². The van der Waals surface area contributed by atoms with Crippen LogP contribution in [-0.2, 0) is 0 Å². The molecule has 15 heavy (non-hydrogen) atoms. The number of hydrazone groups is 1. The third-order valence-corrected chi connectivity index (χ3v) is 1.89. The van der Waals surface area contributed by atoms with Crippen molar-refractivity contribution in [3.8, 4) is 0 Å². The second-order valence-corrected chi connectivity index (χ2v) is 3.19. The van der Waals surface area contributed by atoms with Gasteiger partial charge in [0.2, 0.25) is 5.96 Å². The van der Waals surface area contributed by atoms with E-state index in [9.17, 15) is 0 Å². The van der Waals surface area contributed by atoms with Crippen LogP contribution in [0.2, 0.25) is 5.02 Å². The number of rotatable bonds is 3. The number of nitrogens with zero attached hydrogens (tertiary/aromatic N) is 1. The van der Waals surface area contributed by atoms with Crippen LogP contribution in [0.3, 0.4) is 0 Å². The molecule has 6 heteroatoms. The van der Waals surface area contributed by atoms with Gasteiger partial charge in [-0.25, -0.2) is 5.43 Å². The first-order chi connectivity index (χ1) is 7.13. The van der Waals surface area contributed by atoms with Crippen molar-refractivity contribution >= 4 is 23.3 Å². The first-order valence-electron chi connectivity index (χ1n) is 4.17. The van der Waals surface area contributed by atoms with Crippen molar-refractivity contribution in [2.24, 2.45) is 10.8 Å². The zero-order chi connectivity index (χ0) is 11.3. The average Bonchev–Trinajstić information content (AvgIpc) is 2.21. The van der Waals surface area contributed by atoms with Gasteiger partial charge in [-0.15, -0.1) is 0 Å².